The summed E-state index contributed by atoms with van der Waals surface area (Å²) in [6.45, 7) is 13.8. The SMILES string of the molecule is CC.CC.CC.C[C@@H]1C[C@H](O)C[C@](O)(c2ccc(Cl)c(Cc3ccc(-c4ccc(F)nc4)s3)c2)O1. The van der Waals surface area contributed by atoms with Crippen LogP contribution < -0.4 is 0 Å². The first kappa shape index (κ1) is 31.2. The average molecular weight is 524 g/mol. The summed E-state index contributed by atoms with van der Waals surface area (Å²) in [5, 5.41) is 21.6. The van der Waals surface area contributed by atoms with Gasteiger partial charge in [-0.25, -0.2) is 4.98 Å². The molecule has 3 atom stereocenters. The minimum atomic E-state index is -1.53. The van der Waals surface area contributed by atoms with Gasteiger partial charge in [-0.2, -0.15) is 4.39 Å². The summed E-state index contributed by atoms with van der Waals surface area (Å²) in [5.41, 5.74) is 2.30. The number of benzene rings is 1. The van der Waals surface area contributed by atoms with Gasteiger partial charge in [0.15, 0.2) is 5.79 Å². The Morgan fingerprint density at radius 1 is 1.09 bits per heavy atom. The molecule has 2 N–H and O–H groups in total. The van der Waals surface area contributed by atoms with Crippen LogP contribution >= 0.6 is 22.9 Å². The first-order valence-corrected chi connectivity index (χ1v) is 13.6. The van der Waals surface area contributed by atoms with Crippen LogP contribution in [-0.2, 0) is 16.9 Å². The van der Waals surface area contributed by atoms with Gasteiger partial charge < -0.3 is 14.9 Å². The molecule has 1 fully saturated rings. The lowest BCUT2D eigenvalue weighted by atomic mass is 9.92. The Morgan fingerprint density at radius 3 is 2.37 bits per heavy atom. The topological polar surface area (TPSA) is 62.6 Å². The van der Waals surface area contributed by atoms with E-state index in [0.717, 1.165) is 20.9 Å². The average Bonchev–Trinajstić information content (AvgIpc) is 3.32. The van der Waals surface area contributed by atoms with E-state index in [1.807, 2.05) is 66.7 Å². The number of hydrogen-bond donors (Lipinski definition) is 2. The maximum atomic E-state index is 13.0. The van der Waals surface area contributed by atoms with Crippen molar-refractivity contribution in [3.63, 3.8) is 0 Å². The molecule has 4 rings (SSSR count). The third kappa shape index (κ3) is 8.65. The monoisotopic (exact) mass is 523 g/mol. The summed E-state index contributed by atoms with van der Waals surface area (Å²) in [7, 11) is 0. The number of pyridine rings is 1. The molecule has 1 saturated heterocycles. The molecule has 7 heteroatoms. The zero-order chi connectivity index (χ0) is 26.6. The highest BCUT2D eigenvalue weighted by Crippen LogP contribution is 2.38. The van der Waals surface area contributed by atoms with Crippen LogP contribution in [0, 0.1) is 5.95 Å². The van der Waals surface area contributed by atoms with Crippen molar-refractivity contribution in [1.29, 1.82) is 0 Å². The van der Waals surface area contributed by atoms with Gasteiger partial charge in [0.2, 0.25) is 5.95 Å². The van der Waals surface area contributed by atoms with Crippen LogP contribution in [0.1, 0.15) is 77.3 Å². The summed E-state index contributed by atoms with van der Waals surface area (Å²) in [6, 6.07) is 12.3. The molecule has 0 bridgehead atoms. The van der Waals surface area contributed by atoms with E-state index in [1.54, 1.807) is 29.5 Å². The van der Waals surface area contributed by atoms with Crippen LogP contribution in [0.3, 0.4) is 0 Å². The van der Waals surface area contributed by atoms with Gasteiger partial charge in [0.1, 0.15) is 0 Å². The molecule has 1 aliphatic rings. The van der Waals surface area contributed by atoms with Gasteiger partial charge in [-0.15, -0.1) is 11.3 Å². The van der Waals surface area contributed by atoms with Crippen molar-refractivity contribution >= 4 is 22.9 Å². The zero-order valence-corrected chi connectivity index (χ0v) is 23.4. The van der Waals surface area contributed by atoms with Crippen LogP contribution in [0.25, 0.3) is 10.4 Å². The number of thiophene rings is 1. The van der Waals surface area contributed by atoms with Crippen molar-refractivity contribution in [2.24, 2.45) is 0 Å². The first-order chi connectivity index (χ1) is 16.8. The van der Waals surface area contributed by atoms with Crippen molar-refractivity contribution in [3.8, 4) is 10.4 Å². The molecule has 1 aromatic carbocycles. The van der Waals surface area contributed by atoms with Crippen LogP contribution in [0.4, 0.5) is 4.39 Å². The van der Waals surface area contributed by atoms with E-state index in [0.29, 0.717) is 23.4 Å². The highest BCUT2D eigenvalue weighted by atomic mass is 35.5. The second-order valence-electron chi connectivity index (χ2n) is 7.43. The largest absolute Gasteiger partial charge is 0.393 e. The molecule has 35 heavy (non-hydrogen) atoms. The Kier molecular flexibility index (Phi) is 13.7. The van der Waals surface area contributed by atoms with Gasteiger partial charge in [-0.1, -0.05) is 59.2 Å². The Bertz CT molecular complexity index is 1000. The molecule has 0 unspecified atom stereocenters. The Hall–Kier alpha value is -1.83. The number of rotatable bonds is 4. The predicted molar refractivity (Wildman–Crippen MR) is 145 cm³/mol. The van der Waals surface area contributed by atoms with E-state index >= 15 is 0 Å². The van der Waals surface area contributed by atoms with Crippen molar-refractivity contribution < 1.29 is 19.3 Å². The second kappa shape index (κ2) is 15.3. The maximum absolute atomic E-state index is 13.0. The summed E-state index contributed by atoms with van der Waals surface area (Å²) >= 11 is 7.99. The Balaban J connectivity index is 0.000000949. The third-order valence-electron chi connectivity index (χ3n) is 5.05. The fourth-order valence-electron chi connectivity index (χ4n) is 3.69. The quantitative estimate of drug-likeness (QED) is 0.340. The number of hydrogen-bond acceptors (Lipinski definition) is 5. The lowest BCUT2D eigenvalue weighted by molar-refractivity contribution is -0.277. The molecule has 3 aromatic rings. The summed E-state index contributed by atoms with van der Waals surface area (Å²) in [6.07, 6.45) is 1.86. The van der Waals surface area contributed by atoms with Gasteiger partial charge in [0.05, 0.1) is 12.2 Å². The summed E-state index contributed by atoms with van der Waals surface area (Å²) in [4.78, 5) is 5.77. The molecule has 1 aliphatic heterocycles. The lowest BCUT2D eigenvalue weighted by Gasteiger charge is -2.38. The fourth-order valence-corrected chi connectivity index (χ4v) is 4.90. The number of halogens is 2. The van der Waals surface area contributed by atoms with Crippen LogP contribution in [-0.4, -0.2) is 27.4 Å². The van der Waals surface area contributed by atoms with Gasteiger partial charge >= 0.3 is 0 Å². The molecule has 3 heterocycles. The van der Waals surface area contributed by atoms with Crippen molar-refractivity contribution in [1.82, 2.24) is 4.98 Å². The molecule has 4 nitrogen and oxygen atoms in total. The predicted octanol–water partition coefficient (Wildman–Crippen LogP) is 7.98. The van der Waals surface area contributed by atoms with E-state index in [9.17, 15) is 14.6 Å². The van der Waals surface area contributed by atoms with E-state index < -0.39 is 17.8 Å². The van der Waals surface area contributed by atoms with Gasteiger partial charge in [0, 0.05) is 44.9 Å². The minimum Gasteiger partial charge on any atom is -0.393 e. The number of ether oxygens (including phenoxy) is 1. The molecule has 194 valence electrons. The maximum Gasteiger partial charge on any atom is 0.212 e. The Morgan fingerprint density at radius 2 is 1.77 bits per heavy atom. The van der Waals surface area contributed by atoms with E-state index in [-0.39, 0.29) is 12.5 Å². The van der Waals surface area contributed by atoms with Crippen molar-refractivity contribution in [3.05, 3.63) is 75.6 Å². The molecule has 0 radical (unpaired) electrons. The lowest BCUT2D eigenvalue weighted by Crippen LogP contribution is -2.43. The number of aliphatic hydroxyl groups is 2. The molecule has 0 spiro atoms. The zero-order valence-electron chi connectivity index (χ0n) is 21.8. The van der Waals surface area contributed by atoms with Crippen LogP contribution in [0.2, 0.25) is 5.02 Å². The first-order valence-electron chi connectivity index (χ1n) is 12.4. The van der Waals surface area contributed by atoms with Crippen molar-refractivity contribution in [2.75, 3.05) is 0 Å². The Labute approximate surface area is 218 Å². The van der Waals surface area contributed by atoms with E-state index in [4.69, 9.17) is 16.3 Å². The third-order valence-corrected chi connectivity index (χ3v) is 6.55. The number of nitrogens with zero attached hydrogens (tertiary/aromatic N) is 1. The molecular formula is C28H39ClFNO3S. The molecule has 0 aliphatic carbocycles. The second-order valence-corrected chi connectivity index (χ2v) is 9.00. The smallest absolute Gasteiger partial charge is 0.212 e. The van der Waals surface area contributed by atoms with Gasteiger partial charge in [-0.3, -0.25) is 0 Å². The van der Waals surface area contributed by atoms with Crippen LogP contribution in [0.5, 0.6) is 0 Å². The number of aromatic nitrogens is 1. The number of aliphatic hydroxyl groups excluding tert-OH is 1. The normalized spacial score (nSPS) is 20.9. The molecular weight excluding hydrogens is 485 g/mol. The summed E-state index contributed by atoms with van der Waals surface area (Å²) in [5.74, 6) is -2.03. The highest BCUT2D eigenvalue weighted by Gasteiger charge is 2.40. The van der Waals surface area contributed by atoms with Gasteiger partial charge in [0.25, 0.3) is 0 Å². The molecule has 0 amide bonds. The van der Waals surface area contributed by atoms with Crippen LogP contribution in [0.15, 0.2) is 48.7 Å². The van der Waals surface area contributed by atoms with E-state index in [2.05, 4.69) is 4.98 Å². The molecule has 0 saturated carbocycles. The minimum absolute atomic E-state index is 0.124. The summed E-state index contributed by atoms with van der Waals surface area (Å²) < 4.78 is 18.8. The van der Waals surface area contributed by atoms with Crippen molar-refractivity contribution in [2.45, 2.75) is 85.7 Å². The highest BCUT2D eigenvalue weighted by molar-refractivity contribution is 7.15. The van der Waals surface area contributed by atoms with Gasteiger partial charge in [-0.05, 0) is 55.3 Å². The molecule has 2 aromatic heterocycles. The fraction of sp³-hybridized carbons (Fsp3) is 0.464. The standard InChI is InChI=1S/C22H21ClFNO3S.3C2H6/c1-13-8-17(26)11-22(27,28-13)16-3-5-19(23)15(9-16)10-18-4-6-20(29-18)14-2-7-21(24)25-12-14;3*1-2/h2-7,9,12-13,17,26-27H,8,10-11H2,1H3;3*1-2H3/t13-,17+,22-;;;/m1.../s1. The van der Waals surface area contributed by atoms with E-state index in [1.165, 1.54) is 12.3 Å².